The van der Waals surface area contributed by atoms with Gasteiger partial charge in [-0.05, 0) is 60.2 Å². The van der Waals surface area contributed by atoms with Crippen LogP contribution in [0, 0.1) is 6.92 Å². The number of fused-ring (bicyclic) bond motifs is 2. The maximum absolute atomic E-state index is 12.7. The number of carboxylic acids is 1. The number of carbonyl (C=O) groups is 1. The monoisotopic (exact) mass is 338 g/mol. The Morgan fingerprint density at radius 2 is 2.21 bits per heavy atom. The van der Waals surface area contributed by atoms with Crippen molar-refractivity contribution in [3.63, 3.8) is 0 Å². The van der Waals surface area contributed by atoms with Crippen molar-refractivity contribution in [3.8, 4) is 0 Å². The molecule has 4 rings (SSSR count). The highest BCUT2D eigenvalue weighted by atomic mass is 32.1. The van der Waals surface area contributed by atoms with Crippen LogP contribution < -0.4 is 5.56 Å². The first kappa shape index (κ1) is 14.8. The Bertz CT molecular complexity index is 1080. The minimum atomic E-state index is -1.02. The molecule has 0 spiro atoms. The van der Waals surface area contributed by atoms with Gasteiger partial charge in [-0.2, -0.15) is 0 Å². The average molecular weight is 338 g/mol. The number of benzene rings is 1. The molecular weight excluding hydrogens is 324 g/mol. The standard InChI is InChI=1S/C18H14N2O3S/c1-10-5-7-24-15(10)9-11-4-6-20-16(11)19-14-8-12(18(22)23)2-3-13(14)17(20)21/h2-3,5,7-9H,4,6H2,1H3,(H,22,23). The summed E-state index contributed by atoms with van der Waals surface area (Å²) >= 11 is 1.66. The van der Waals surface area contributed by atoms with E-state index < -0.39 is 5.97 Å². The van der Waals surface area contributed by atoms with Crippen molar-refractivity contribution in [3.05, 3.63) is 61.8 Å². The summed E-state index contributed by atoms with van der Waals surface area (Å²) in [4.78, 5) is 29.6. The van der Waals surface area contributed by atoms with E-state index in [0.29, 0.717) is 23.3 Å². The first-order valence-electron chi connectivity index (χ1n) is 7.57. The van der Waals surface area contributed by atoms with Gasteiger partial charge in [0.25, 0.3) is 5.56 Å². The Kier molecular flexibility index (Phi) is 3.35. The number of hydrogen-bond donors (Lipinski definition) is 1. The van der Waals surface area contributed by atoms with E-state index in [1.165, 1.54) is 17.7 Å². The highest BCUT2D eigenvalue weighted by molar-refractivity contribution is 7.11. The summed E-state index contributed by atoms with van der Waals surface area (Å²) in [5.74, 6) is -0.382. The largest absolute Gasteiger partial charge is 0.478 e. The maximum Gasteiger partial charge on any atom is 0.335 e. The summed E-state index contributed by atoms with van der Waals surface area (Å²) in [5.41, 5.74) is 2.67. The van der Waals surface area contributed by atoms with E-state index in [0.717, 1.165) is 16.9 Å². The molecule has 0 atom stereocenters. The molecule has 0 saturated carbocycles. The summed E-state index contributed by atoms with van der Waals surface area (Å²) in [7, 11) is 0. The number of aromatic nitrogens is 2. The number of allylic oxidation sites excluding steroid dienone is 1. The fourth-order valence-corrected chi connectivity index (χ4v) is 3.86. The third kappa shape index (κ3) is 2.27. The Hall–Kier alpha value is -2.73. The van der Waals surface area contributed by atoms with E-state index in [9.17, 15) is 9.59 Å². The van der Waals surface area contributed by atoms with Crippen LogP contribution in [0.2, 0.25) is 0 Å². The molecule has 0 unspecified atom stereocenters. The second-order valence-electron chi connectivity index (χ2n) is 5.82. The van der Waals surface area contributed by atoms with E-state index in [4.69, 9.17) is 5.11 Å². The van der Waals surface area contributed by atoms with Gasteiger partial charge in [-0.1, -0.05) is 0 Å². The second kappa shape index (κ2) is 5.42. The van der Waals surface area contributed by atoms with Gasteiger partial charge < -0.3 is 5.11 Å². The van der Waals surface area contributed by atoms with Crippen molar-refractivity contribution in [2.24, 2.45) is 0 Å². The lowest BCUT2D eigenvalue weighted by Crippen LogP contribution is -2.20. The van der Waals surface area contributed by atoms with Gasteiger partial charge >= 0.3 is 5.97 Å². The van der Waals surface area contributed by atoms with E-state index in [1.54, 1.807) is 22.0 Å². The molecular formula is C18H14N2O3S. The molecule has 120 valence electrons. The number of thiophene rings is 1. The fraction of sp³-hybridized carbons (Fsp3) is 0.167. The van der Waals surface area contributed by atoms with Crippen LogP contribution in [0.3, 0.4) is 0 Å². The highest BCUT2D eigenvalue weighted by Gasteiger charge is 2.21. The molecule has 1 N–H and O–H groups in total. The highest BCUT2D eigenvalue weighted by Crippen LogP contribution is 2.30. The SMILES string of the molecule is Cc1ccsc1C=C1CCn2c1nc1cc(C(=O)O)ccc1c2=O. The average Bonchev–Trinajstić information content (AvgIpc) is 3.15. The topological polar surface area (TPSA) is 72.2 Å². The molecule has 5 nitrogen and oxygen atoms in total. The summed E-state index contributed by atoms with van der Waals surface area (Å²) < 4.78 is 1.68. The fourth-order valence-electron chi connectivity index (χ4n) is 2.98. The molecule has 1 aromatic carbocycles. The Morgan fingerprint density at radius 3 is 2.92 bits per heavy atom. The van der Waals surface area contributed by atoms with Crippen molar-refractivity contribution in [1.29, 1.82) is 0 Å². The van der Waals surface area contributed by atoms with Crippen LogP contribution in [0.15, 0.2) is 34.4 Å². The molecule has 0 amide bonds. The lowest BCUT2D eigenvalue weighted by atomic mass is 10.1. The molecule has 24 heavy (non-hydrogen) atoms. The van der Waals surface area contributed by atoms with Crippen LogP contribution in [0.25, 0.3) is 22.6 Å². The molecule has 6 heteroatoms. The second-order valence-corrected chi connectivity index (χ2v) is 6.76. The molecule has 3 aromatic rings. The first-order valence-corrected chi connectivity index (χ1v) is 8.45. The number of aryl methyl sites for hydroxylation is 1. The quantitative estimate of drug-likeness (QED) is 0.777. The summed E-state index contributed by atoms with van der Waals surface area (Å²) in [6.07, 6.45) is 2.83. The molecule has 0 bridgehead atoms. The Morgan fingerprint density at radius 1 is 1.38 bits per heavy atom. The number of carboxylic acid groups (broad SMARTS) is 1. The Balaban J connectivity index is 1.93. The van der Waals surface area contributed by atoms with Crippen LogP contribution in [0.1, 0.15) is 33.0 Å². The normalized spacial score (nSPS) is 15.1. The molecule has 0 fully saturated rings. The van der Waals surface area contributed by atoms with Crippen molar-refractivity contribution in [2.45, 2.75) is 19.9 Å². The number of hydrogen-bond acceptors (Lipinski definition) is 4. The summed E-state index contributed by atoms with van der Waals surface area (Å²) in [6, 6.07) is 6.52. The minimum Gasteiger partial charge on any atom is -0.478 e. The number of nitrogens with zero attached hydrogens (tertiary/aromatic N) is 2. The van der Waals surface area contributed by atoms with Crippen molar-refractivity contribution in [2.75, 3.05) is 0 Å². The molecule has 2 aromatic heterocycles. The summed E-state index contributed by atoms with van der Waals surface area (Å²) in [6.45, 7) is 2.66. The number of rotatable bonds is 2. The van der Waals surface area contributed by atoms with E-state index in [-0.39, 0.29) is 11.1 Å². The van der Waals surface area contributed by atoms with Gasteiger partial charge in [0.05, 0.1) is 16.5 Å². The lowest BCUT2D eigenvalue weighted by molar-refractivity contribution is 0.0697. The van der Waals surface area contributed by atoms with Crippen LogP contribution in [-0.2, 0) is 6.54 Å². The van der Waals surface area contributed by atoms with Crippen LogP contribution in [0.5, 0.6) is 0 Å². The van der Waals surface area contributed by atoms with E-state index in [2.05, 4.69) is 24.1 Å². The van der Waals surface area contributed by atoms with Crippen molar-refractivity contribution < 1.29 is 9.90 Å². The molecule has 0 aliphatic carbocycles. The third-order valence-corrected chi connectivity index (χ3v) is 5.27. The predicted molar refractivity (Wildman–Crippen MR) is 94.5 cm³/mol. The molecule has 0 saturated heterocycles. The third-order valence-electron chi connectivity index (χ3n) is 4.30. The van der Waals surface area contributed by atoms with Crippen LogP contribution >= 0.6 is 11.3 Å². The molecule has 1 aliphatic heterocycles. The zero-order valence-electron chi connectivity index (χ0n) is 12.9. The van der Waals surface area contributed by atoms with E-state index in [1.807, 2.05) is 5.38 Å². The zero-order valence-corrected chi connectivity index (χ0v) is 13.8. The van der Waals surface area contributed by atoms with Gasteiger partial charge in [0.2, 0.25) is 0 Å². The van der Waals surface area contributed by atoms with Gasteiger partial charge in [-0.3, -0.25) is 9.36 Å². The van der Waals surface area contributed by atoms with Crippen LogP contribution in [-0.4, -0.2) is 20.6 Å². The number of aromatic carboxylic acids is 1. The lowest BCUT2D eigenvalue weighted by Gasteiger charge is -2.06. The Labute approximate surface area is 141 Å². The molecule has 3 heterocycles. The van der Waals surface area contributed by atoms with Gasteiger partial charge in [0.15, 0.2) is 0 Å². The zero-order chi connectivity index (χ0) is 16.8. The van der Waals surface area contributed by atoms with Crippen LogP contribution in [0.4, 0.5) is 0 Å². The molecule has 0 radical (unpaired) electrons. The van der Waals surface area contributed by atoms with Gasteiger partial charge in [-0.15, -0.1) is 11.3 Å². The van der Waals surface area contributed by atoms with Gasteiger partial charge in [-0.25, -0.2) is 9.78 Å². The maximum atomic E-state index is 12.7. The van der Waals surface area contributed by atoms with Gasteiger partial charge in [0.1, 0.15) is 5.82 Å². The molecule has 1 aliphatic rings. The summed E-state index contributed by atoms with van der Waals surface area (Å²) in [5, 5.41) is 11.6. The van der Waals surface area contributed by atoms with Gasteiger partial charge in [0, 0.05) is 11.4 Å². The minimum absolute atomic E-state index is 0.113. The smallest absolute Gasteiger partial charge is 0.335 e. The van der Waals surface area contributed by atoms with Crippen molar-refractivity contribution >= 4 is 39.9 Å². The van der Waals surface area contributed by atoms with E-state index >= 15 is 0 Å². The predicted octanol–water partition coefficient (Wildman–Crippen LogP) is 3.41. The first-order chi connectivity index (χ1) is 11.5. The van der Waals surface area contributed by atoms with Crippen molar-refractivity contribution in [1.82, 2.24) is 9.55 Å².